The lowest BCUT2D eigenvalue weighted by molar-refractivity contribution is -0.121. The van der Waals surface area contributed by atoms with Crippen LogP contribution in [0, 0.1) is 6.92 Å². The number of carbonyl (C=O) groups is 2. The number of benzene rings is 1. The molecule has 2 aromatic heterocycles. The van der Waals surface area contributed by atoms with Crippen molar-refractivity contribution in [2.75, 3.05) is 5.32 Å². The predicted molar refractivity (Wildman–Crippen MR) is 107 cm³/mol. The van der Waals surface area contributed by atoms with Crippen molar-refractivity contribution in [3.05, 3.63) is 70.1 Å². The number of rotatable bonds is 5. The van der Waals surface area contributed by atoms with Gasteiger partial charge in [0.05, 0.1) is 30.0 Å². The first-order valence-corrected chi connectivity index (χ1v) is 10.1. The van der Waals surface area contributed by atoms with Crippen molar-refractivity contribution in [3.63, 3.8) is 0 Å². The predicted octanol–water partition coefficient (Wildman–Crippen LogP) is 4.03. The minimum atomic E-state index is -0.268. The van der Waals surface area contributed by atoms with Crippen LogP contribution in [0.1, 0.15) is 51.8 Å². The third kappa shape index (κ3) is 3.99. The van der Waals surface area contributed by atoms with E-state index in [1.54, 1.807) is 18.4 Å². The molecule has 0 bridgehead atoms. The number of carbonyl (C=O) groups excluding carboxylic acids is 2. The van der Waals surface area contributed by atoms with Crippen molar-refractivity contribution in [2.45, 2.75) is 38.6 Å². The van der Waals surface area contributed by atoms with Crippen LogP contribution < -0.4 is 10.6 Å². The van der Waals surface area contributed by atoms with Crippen molar-refractivity contribution in [1.82, 2.24) is 10.3 Å². The van der Waals surface area contributed by atoms with Gasteiger partial charge in [-0.3, -0.25) is 14.9 Å². The second-order valence-corrected chi connectivity index (χ2v) is 7.73. The zero-order valence-corrected chi connectivity index (χ0v) is 16.3. The molecule has 2 amide bonds. The molecule has 0 aliphatic heterocycles. The summed E-state index contributed by atoms with van der Waals surface area (Å²) in [5.41, 5.74) is 3.65. The van der Waals surface area contributed by atoms with Crippen LogP contribution in [0.4, 0.5) is 5.13 Å². The molecule has 0 unspecified atom stereocenters. The third-order valence-corrected chi connectivity index (χ3v) is 5.73. The number of aryl methyl sites for hydroxylation is 2. The Morgan fingerprint density at radius 1 is 1.29 bits per heavy atom. The van der Waals surface area contributed by atoms with Crippen molar-refractivity contribution >= 4 is 28.3 Å². The van der Waals surface area contributed by atoms with Gasteiger partial charge in [0.1, 0.15) is 5.76 Å². The summed E-state index contributed by atoms with van der Waals surface area (Å²) in [6, 6.07) is 9.95. The smallest absolute Gasteiger partial charge is 0.260 e. The van der Waals surface area contributed by atoms with Crippen LogP contribution in [-0.2, 0) is 17.6 Å². The maximum Gasteiger partial charge on any atom is 0.260 e. The largest absolute Gasteiger partial charge is 0.469 e. The van der Waals surface area contributed by atoms with Gasteiger partial charge in [0.15, 0.2) is 5.13 Å². The fraction of sp³-hybridized carbons (Fsp3) is 0.286. The summed E-state index contributed by atoms with van der Waals surface area (Å²) >= 11 is 1.30. The quantitative estimate of drug-likeness (QED) is 0.683. The number of aromatic nitrogens is 1. The number of nitrogens with zero attached hydrogens (tertiary/aromatic N) is 1. The maximum absolute atomic E-state index is 12.5. The van der Waals surface area contributed by atoms with Gasteiger partial charge in [-0.25, -0.2) is 4.98 Å². The van der Waals surface area contributed by atoms with Crippen LogP contribution in [0.2, 0.25) is 0 Å². The molecule has 2 N–H and O–H groups in total. The minimum Gasteiger partial charge on any atom is -0.469 e. The molecule has 6 nitrogen and oxygen atoms in total. The monoisotopic (exact) mass is 395 g/mol. The summed E-state index contributed by atoms with van der Waals surface area (Å²) < 4.78 is 5.15. The van der Waals surface area contributed by atoms with Gasteiger partial charge in [0, 0.05) is 5.38 Å². The van der Waals surface area contributed by atoms with E-state index in [-0.39, 0.29) is 24.3 Å². The summed E-state index contributed by atoms with van der Waals surface area (Å²) in [7, 11) is 0. The molecule has 0 fully saturated rings. The Bertz CT molecular complexity index is 1010. The molecule has 1 aliphatic carbocycles. The number of thiazole rings is 1. The average molecular weight is 395 g/mol. The SMILES string of the molecule is Cc1occc1C(=O)Nc1nc(CC(=O)N[C@H]2CCCc3ccccc32)cs1. The number of anilines is 1. The summed E-state index contributed by atoms with van der Waals surface area (Å²) in [6.45, 7) is 1.73. The van der Waals surface area contributed by atoms with Crippen LogP contribution in [0.25, 0.3) is 0 Å². The Balaban J connectivity index is 1.36. The van der Waals surface area contributed by atoms with Gasteiger partial charge in [-0.2, -0.15) is 0 Å². The van der Waals surface area contributed by atoms with E-state index >= 15 is 0 Å². The Labute approximate surface area is 167 Å². The van der Waals surface area contributed by atoms with Gasteiger partial charge in [0.2, 0.25) is 5.91 Å². The van der Waals surface area contributed by atoms with Crippen LogP contribution in [0.3, 0.4) is 0 Å². The van der Waals surface area contributed by atoms with Crippen LogP contribution in [0.5, 0.6) is 0 Å². The standard InChI is InChI=1S/C21H21N3O3S/c1-13-16(9-10-27-13)20(26)24-21-22-15(12-28-21)11-19(25)23-18-8-4-6-14-5-2-3-7-17(14)18/h2-3,5,7,9-10,12,18H,4,6,8,11H2,1H3,(H,23,25)(H,22,24,26)/t18-/m0/s1. The van der Waals surface area contributed by atoms with E-state index in [9.17, 15) is 9.59 Å². The van der Waals surface area contributed by atoms with E-state index in [0.29, 0.717) is 22.1 Å². The number of hydrogen-bond donors (Lipinski definition) is 2. The highest BCUT2D eigenvalue weighted by atomic mass is 32.1. The highest BCUT2D eigenvalue weighted by Crippen LogP contribution is 2.29. The molecular formula is C21H21N3O3S. The number of fused-ring (bicyclic) bond motifs is 1. The first-order chi connectivity index (χ1) is 13.6. The first-order valence-electron chi connectivity index (χ1n) is 9.27. The zero-order valence-electron chi connectivity index (χ0n) is 15.5. The Morgan fingerprint density at radius 2 is 2.14 bits per heavy atom. The first kappa shape index (κ1) is 18.4. The second kappa shape index (κ2) is 7.98. The minimum absolute atomic E-state index is 0.0549. The molecule has 0 radical (unpaired) electrons. The van der Waals surface area contributed by atoms with E-state index in [4.69, 9.17) is 4.42 Å². The fourth-order valence-electron chi connectivity index (χ4n) is 3.54. The normalized spacial score (nSPS) is 15.7. The second-order valence-electron chi connectivity index (χ2n) is 6.88. The van der Waals surface area contributed by atoms with E-state index in [1.165, 1.54) is 28.7 Å². The summed E-state index contributed by atoms with van der Waals surface area (Å²) in [4.78, 5) is 29.1. The Morgan fingerprint density at radius 3 is 2.96 bits per heavy atom. The lowest BCUT2D eigenvalue weighted by Gasteiger charge is -2.26. The van der Waals surface area contributed by atoms with Gasteiger partial charge >= 0.3 is 0 Å². The fourth-order valence-corrected chi connectivity index (χ4v) is 4.25. The molecule has 1 atom stereocenters. The lowest BCUT2D eigenvalue weighted by atomic mass is 9.87. The summed E-state index contributed by atoms with van der Waals surface area (Å²) in [5, 5.41) is 8.15. The topological polar surface area (TPSA) is 84.2 Å². The molecular weight excluding hydrogens is 374 g/mol. The lowest BCUT2D eigenvalue weighted by Crippen LogP contribution is -2.32. The average Bonchev–Trinajstić information content (AvgIpc) is 3.30. The van der Waals surface area contributed by atoms with Crippen molar-refractivity contribution < 1.29 is 14.0 Å². The Hall–Kier alpha value is -2.93. The zero-order chi connectivity index (χ0) is 19.5. The third-order valence-electron chi connectivity index (χ3n) is 4.92. The van der Waals surface area contributed by atoms with Gasteiger partial charge in [-0.1, -0.05) is 24.3 Å². The number of amides is 2. The highest BCUT2D eigenvalue weighted by Gasteiger charge is 2.22. The molecule has 2 heterocycles. The van der Waals surface area contributed by atoms with Gasteiger partial charge < -0.3 is 9.73 Å². The van der Waals surface area contributed by atoms with Crippen LogP contribution >= 0.6 is 11.3 Å². The van der Waals surface area contributed by atoms with Crippen LogP contribution in [0.15, 0.2) is 46.4 Å². The molecule has 1 aromatic carbocycles. The summed E-state index contributed by atoms with van der Waals surface area (Å²) in [5.74, 6) is 0.229. The van der Waals surface area contributed by atoms with Crippen molar-refractivity contribution in [2.24, 2.45) is 0 Å². The van der Waals surface area contributed by atoms with E-state index in [1.807, 2.05) is 12.1 Å². The molecule has 7 heteroatoms. The molecule has 4 rings (SSSR count). The highest BCUT2D eigenvalue weighted by molar-refractivity contribution is 7.14. The maximum atomic E-state index is 12.5. The molecule has 0 saturated carbocycles. The van der Waals surface area contributed by atoms with E-state index < -0.39 is 0 Å². The molecule has 3 aromatic rings. The van der Waals surface area contributed by atoms with Gasteiger partial charge in [0.25, 0.3) is 5.91 Å². The van der Waals surface area contributed by atoms with E-state index in [2.05, 4.69) is 27.8 Å². The van der Waals surface area contributed by atoms with Crippen LogP contribution in [-0.4, -0.2) is 16.8 Å². The molecule has 1 aliphatic rings. The van der Waals surface area contributed by atoms with E-state index in [0.717, 1.165) is 19.3 Å². The van der Waals surface area contributed by atoms with Crippen molar-refractivity contribution in [3.8, 4) is 0 Å². The van der Waals surface area contributed by atoms with Gasteiger partial charge in [-0.15, -0.1) is 11.3 Å². The number of furan rings is 1. The van der Waals surface area contributed by atoms with Gasteiger partial charge in [-0.05, 0) is 43.4 Å². The number of nitrogens with one attached hydrogen (secondary N) is 2. The number of hydrogen-bond acceptors (Lipinski definition) is 5. The molecule has 0 spiro atoms. The molecule has 144 valence electrons. The Kier molecular flexibility index (Phi) is 5.25. The molecule has 0 saturated heterocycles. The molecule has 28 heavy (non-hydrogen) atoms. The summed E-state index contributed by atoms with van der Waals surface area (Å²) in [6.07, 6.45) is 4.75. The van der Waals surface area contributed by atoms with Crippen molar-refractivity contribution in [1.29, 1.82) is 0 Å².